The third-order valence-electron chi connectivity index (χ3n) is 2.98. The number of ether oxygens (including phenoxy) is 2. The van der Waals surface area contributed by atoms with Gasteiger partial charge in [-0.1, -0.05) is 12.1 Å². The van der Waals surface area contributed by atoms with Crippen LogP contribution in [-0.2, 0) is 19.1 Å². The highest BCUT2D eigenvalue weighted by Crippen LogP contribution is 2.32. The maximum Gasteiger partial charge on any atom is 0.341 e. The number of aliphatic carboxylic acids is 1. The van der Waals surface area contributed by atoms with Crippen LogP contribution in [-0.4, -0.2) is 52.8 Å². The molecule has 0 aliphatic carbocycles. The van der Waals surface area contributed by atoms with E-state index >= 15 is 0 Å². The SMILES string of the molecule is CCOC(=O)CN1C(=O)S/C(=C\c2cccc(OCC(=O)O)c2)C1=O. The van der Waals surface area contributed by atoms with Crippen LogP contribution >= 0.6 is 11.8 Å². The quantitative estimate of drug-likeness (QED) is 0.575. The zero-order valence-electron chi connectivity index (χ0n) is 13.3. The average Bonchev–Trinajstić information content (AvgIpc) is 2.81. The second-order valence-electron chi connectivity index (χ2n) is 4.83. The topological polar surface area (TPSA) is 110 Å². The highest BCUT2D eigenvalue weighted by molar-refractivity contribution is 8.18. The number of hydrogen-bond donors (Lipinski definition) is 1. The van der Waals surface area contributed by atoms with Crippen molar-refractivity contribution < 1.29 is 33.8 Å². The molecule has 132 valence electrons. The third-order valence-corrected chi connectivity index (χ3v) is 3.89. The molecule has 0 bridgehead atoms. The molecule has 1 heterocycles. The first-order chi connectivity index (χ1) is 11.9. The fourth-order valence-electron chi connectivity index (χ4n) is 1.96. The van der Waals surface area contributed by atoms with E-state index < -0.39 is 36.2 Å². The number of carbonyl (C=O) groups excluding carboxylic acids is 3. The Balaban J connectivity index is 2.12. The standard InChI is InChI=1S/C16H15NO7S/c1-2-23-14(20)8-17-15(21)12(25-16(17)22)7-10-4-3-5-11(6-10)24-9-13(18)19/h3-7H,2,8-9H2,1H3,(H,18,19)/b12-7-. The summed E-state index contributed by atoms with van der Waals surface area (Å²) >= 11 is 0.717. The van der Waals surface area contributed by atoms with Crippen molar-refractivity contribution in [3.63, 3.8) is 0 Å². The van der Waals surface area contributed by atoms with Gasteiger partial charge in [-0.05, 0) is 42.5 Å². The molecule has 2 rings (SSSR count). The molecule has 1 aromatic rings. The number of carboxylic acid groups (broad SMARTS) is 1. The smallest absolute Gasteiger partial charge is 0.341 e. The monoisotopic (exact) mass is 365 g/mol. The number of carboxylic acids is 1. The summed E-state index contributed by atoms with van der Waals surface area (Å²) in [7, 11) is 0. The van der Waals surface area contributed by atoms with Gasteiger partial charge in [0.15, 0.2) is 6.61 Å². The van der Waals surface area contributed by atoms with E-state index in [0.717, 1.165) is 4.90 Å². The number of esters is 1. The number of amides is 2. The number of benzene rings is 1. The van der Waals surface area contributed by atoms with Gasteiger partial charge in [0.1, 0.15) is 12.3 Å². The van der Waals surface area contributed by atoms with E-state index in [1.54, 1.807) is 31.2 Å². The lowest BCUT2D eigenvalue weighted by Crippen LogP contribution is -2.34. The number of rotatable bonds is 7. The molecule has 25 heavy (non-hydrogen) atoms. The van der Waals surface area contributed by atoms with Crippen molar-refractivity contribution in [2.75, 3.05) is 19.8 Å². The molecule has 0 radical (unpaired) electrons. The number of nitrogens with zero attached hydrogens (tertiary/aromatic N) is 1. The van der Waals surface area contributed by atoms with Gasteiger partial charge in [0.25, 0.3) is 11.1 Å². The van der Waals surface area contributed by atoms with Crippen LogP contribution in [0.2, 0.25) is 0 Å². The largest absolute Gasteiger partial charge is 0.482 e. The Kier molecular flexibility index (Phi) is 6.18. The Labute approximate surface area is 147 Å². The van der Waals surface area contributed by atoms with Crippen LogP contribution < -0.4 is 4.74 Å². The number of carbonyl (C=O) groups is 4. The minimum atomic E-state index is -1.11. The van der Waals surface area contributed by atoms with Crippen molar-refractivity contribution in [2.45, 2.75) is 6.92 Å². The molecule has 0 aromatic heterocycles. The van der Waals surface area contributed by atoms with Gasteiger partial charge >= 0.3 is 11.9 Å². The molecule has 1 aliphatic rings. The first-order valence-electron chi connectivity index (χ1n) is 7.26. The summed E-state index contributed by atoms with van der Waals surface area (Å²) in [6.07, 6.45) is 1.48. The van der Waals surface area contributed by atoms with Gasteiger partial charge in [0.2, 0.25) is 0 Å². The molecule has 1 N–H and O–H groups in total. The average molecular weight is 365 g/mol. The van der Waals surface area contributed by atoms with E-state index in [1.165, 1.54) is 6.08 Å². The molecule has 9 heteroatoms. The minimum absolute atomic E-state index is 0.157. The van der Waals surface area contributed by atoms with Crippen molar-refractivity contribution in [3.8, 4) is 5.75 Å². The summed E-state index contributed by atoms with van der Waals surface area (Å²) < 4.78 is 9.80. The van der Waals surface area contributed by atoms with Crippen LogP contribution in [0.1, 0.15) is 12.5 Å². The van der Waals surface area contributed by atoms with E-state index in [-0.39, 0.29) is 11.5 Å². The number of imide groups is 1. The Morgan fingerprint density at radius 1 is 1.32 bits per heavy atom. The maximum atomic E-state index is 12.3. The minimum Gasteiger partial charge on any atom is -0.482 e. The van der Waals surface area contributed by atoms with E-state index in [4.69, 9.17) is 14.6 Å². The highest BCUT2D eigenvalue weighted by Gasteiger charge is 2.36. The summed E-state index contributed by atoms with van der Waals surface area (Å²) in [4.78, 5) is 47.1. The fraction of sp³-hybridized carbons (Fsp3) is 0.250. The summed E-state index contributed by atoms with van der Waals surface area (Å²) in [6.45, 7) is 0.871. The summed E-state index contributed by atoms with van der Waals surface area (Å²) in [6, 6.07) is 6.42. The van der Waals surface area contributed by atoms with Crippen LogP contribution in [0.5, 0.6) is 5.75 Å². The third kappa shape index (κ3) is 5.08. The van der Waals surface area contributed by atoms with Crippen molar-refractivity contribution in [1.82, 2.24) is 4.90 Å². The van der Waals surface area contributed by atoms with Crippen molar-refractivity contribution >= 4 is 40.9 Å². The van der Waals surface area contributed by atoms with Crippen molar-refractivity contribution in [2.24, 2.45) is 0 Å². The van der Waals surface area contributed by atoms with Gasteiger partial charge in [0.05, 0.1) is 11.5 Å². The normalized spacial score (nSPS) is 15.6. The lowest BCUT2D eigenvalue weighted by molar-refractivity contribution is -0.146. The Hall–Kier alpha value is -2.81. The predicted octanol–water partition coefficient (Wildman–Crippen LogP) is 1.75. The van der Waals surface area contributed by atoms with E-state index in [9.17, 15) is 19.2 Å². The van der Waals surface area contributed by atoms with Crippen LogP contribution in [0.15, 0.2) is 29.2 Å². The molecule has 0 saturated carbocycles. The first kappa shape index (κ1) is 18.5. The second kappa shape index (κ2) is 8.34. The van der Waals surface area contributed by atoms with E-state index in [0.29, 0.717) is 23.1 Å². The van der Waals surface area contributed by atoms with Gasteiger partial charge in [-0.25, -0.2) is 4.79 Å². The van der Waals surface area contributed by atoms with Crippen molar-refractivity contribution in [1.29, 1.82) is 0 Å². The number of hydrogen-bond acceptors (Lipinski definition) is 7. The Morgan fingerprint density at radius 3 is 2.76 bits per heavy atom. The van der Waals surface area contributed by atoms with Gasteiger partial charge in [-0.15, -0.1) is 0 Å². The zero-order valence-corrected chi connectivity index (χ0v) is 14.1. The summed E-state index contributed by atoms with van der Waals surface area (Å²) in [5, 5.41) is 8.06. The zero-order chi connectivity index (χ0) is 18.4. The summed E-state index contributed by atoms with van der Waals surface area (Å²) in [5.41, 5.74) is 0.560. The second-order valence-corrected chi connectivity index (χ2v) is 5.82. The molecular formula is C16H15NO7S. The lowest BCUT2D eigenvalue weighted by atomic mass is 10.2. The van der Waals surface area contributed by atoms with Crippen LogP contribution in [0, 0.1) is 0 Å². The van der Waals surface area contributed by atoms with E-state index in [1.807, 2.05) is 0 Å². The molecule has 0 spiro atoms. The lowest BCUT2D eigenvalue weighted by Gasteiger charge is -2.10. The highest BCUT2D eigenvalue weighted by atomic mass is 32.2. The van der Waals surface area contributed by atoms with Gasteiger partial charge < -0.3 is 14.6 Å². The molecule has 1 fully saturated rings. The molecule has 1 aliphatic heterocycles. The van der Waals surface area contributed by atoms with Gasteiger partial charge in [-0.3, -0.25) is 19.3 Å². The van der Waals surface area contributed by atoms with Crippen molar-refractivity contribution in [3.05, 3.63) is 34.7 Å². The predicted molar refractivity (Wildman–Crippen MR) is 88.9 cm³/mol. The maximum absolute atomic E-state index is 12.3. The molecule has 2 amide bonds. The summed E-state index contributed by atoms with van der Waals surface area (Å²) in [5.74, 6) is -2.03. The molecule has 1 aromatic carbocycles. The first-order valence-corrected chi connectivity index (χ1v) is 8.08. The molecule has 1 saturated heterocycles. The fourth-order valence-corrected chi connectivity index (χ4v) is 2.80. The Morgan fingerprint density at radius 2 is 2.08 bits per heavy atom. The molecule has 8 nitrogen and oxygen atoms in total. The van der Waals surface area contributed by atoms with Crippen LogP contribution in [0.4, 0.5) is 4.79 Å². The number of thioether (sulfide) groups is 1. The molecule has 0 unspecified atom stereocenters. The van der Waals surface area contributed by atoms with Gasteiger partial charge in [-0.2, -0.15) is 0 Å². The van der Waals surface area contributed by atoms with E-state index in [2.05, 4.69) is 0 Å². The van der Waals surface area contributed by atoms with Gasteiger partial charge in [0, 0.05) is 0 Å². The van der Waals surface area contributed by atoms with Crippen LogP contribution in [0.25, 0.3) is 6.08 Å². The molecule has 0 atom stereocenters. The van der Waals surface area contributed by atoms with Crippen LogP contribution in [0.3, 0.4) is 0 Å². The molecular weight excluding hydrogens is 350 g/mol. The Bertz CT molecular complexity index is 744.